The van der Waals surface area contributed by atoms with Crippen molar-refractivity contribution >= 4 is 12.0 Å². The van der Waals surface area contributed by atoms with E-state index >= 15 is 0 Å². The Morgan fingerprint density at radius 1 is 1.07 bits per heavy atom. The van der Waals surface area contributed by atoms with Crippen molar-refractivity contribution in [2.75, 3.05) is 12.5 Å². The molecule has 140 valence electrons. The lowest BCUT2D eigenvalue weighted by Gasteiger charge is -2.10. The summed E-state index contributed by atoms with van der Waals surface area (Å²) in [7, 11) is 1.61. The van der Waals surface area contributed by atoms with E-state index in [1.54, 1.807) is 13.3 Å². The molecule has 2 heterocycles. The van der Waals surface area contributed by atoms with Crippen molar-refractivity contribution in [2.24, 2.45) is 5.10 Å². The van der Waals surface area contributed by atoms with Crippen LogP contribution in [0.4, 0.5) is 19.0 Å². The smallest absolute Gasteiger partial charge is 0.417 e. The minimum Gasteiger partial charge on any atom is -0.497 e. The summed E-state index contributed by atoms with van der Waals surface area (Å²) in [6, 6.07) is 13.6. The van der Waals surface area contributed by atoms with E-state index in [0.29, 0.717) is 0 Å². The number of nitrogens with one attached hydrogen (secondary N) is 1. The largest absolute Gasteiger partial charge is 0.497 e. The highest BCUT2D eigenvalue weighted by Crippen LogP contribution is 2.28. The average molecular weight is 374 g/mol. The highest BCUT2D eigenvalue weighted by Gasteiger charge is 2.30. The lowest BCUT2D eigenvalue weighted by atomic mass is 10.3. The summed E-state index contributed by atoms with van der Waals surface area (Å²) in [5.41, 5.74) is 4.58. The quantitative estimate of drug-likeness (QED) is 0.522. The van der Waals surface area contributed by atoms with Crippen molar-refractivity contribution in [3.05, 3.63) is 71.7 Å². The Morgan fingerprint density at radius 2 is 1.81 bits per heavy atom. The standard InChI is InChI=1S/C19H17F3N4O/c1-13-3-5-16(26(13)15-6-8-17(27-2)9-7-15)12-24-25-18-10-4-14(11-23-18)19(20,21)22/h3-12H,1-2H3,(H,23,25)/b24-12-. The number of aryl methyl sites for hydroxylation is 1. The van der Waals surface area contributed by atoms with Gasteiger partial charge in [-0.05, 0) is 55.5 Å². The third-order valence-electron chi connectivity index (χ3n) is 3.90. The molecule has 0 radical (unpaired) electrons. The van der Waals surface area contributed by atoms with Gasteiger partial charge in [0.1, 0.15) is 11.6 Å². The first kappa shape index (κ1) is 18.5. The van der Waals surface area contributed by atoms with E-state index in [2.05, 4.69) is 15.5 Å². The number of hydrazone groups is 1. The van der Waals surface area contributed by atoms with Gasteiger partial charge in [-0.2, -0.15) is 18.3 Å². The summed E-state index contributed by atoms with van der Waals surface area (Å²) in [5, 5.41) is 4.07. The number of alkyl halides is 3. The maximum Gasteiger partial charge on any atom is 0.417 e. The molecule has 0 bridgehead atoms. The Balaban J connectivity index is 1.76. The average Bonchev–Trinajstić information content (AvgIpc) is 3.02. The molecule has 0 spiro atoms. The van der Waals surface area contributed by atoms with Gasteiger partial charge >= 0.3 is 6.18 Å². The van der Waals surface area contributed by atoms with Crippen LogP contribution in [0, 0.1) is 6.92 Å². The molecular formula is C19H17F3N4O. The summed E-state index contributed by atoms with van der Waals surface area (Å²) in [6.07, 6.45) is -2.07. The van der Waals surface area contributed by atoms with Gasteiger partial charge in [0.25, 0.3) is 0 Å². The lowest BCUT2D eigenvalue weighted by molar-refractivity contribution is -0.137. The number of halogens is 3. The monoisotopic (exact) mass is 374 g/mol. The van der Waals surface area contributed by atoms with Crippen LogP contribution in [0.5, 0.6) is 5.75 Å². The van der Waals surface area contributed by atoms with E-state index in [1.807, 2.05) is 47.9 Å². The predicted octanol–water partition coefficient (Wildman–Crippen LogP) is 4.65. The molecule has 0 aliphatic heterocycles. The van der Waals surface area contributed by atoms with Crippen LogP contribution in [-0.4, -0.2) is 22.9 Å². The summed E-state index contributed by atoms with van der Waals surface area (Å²) >= 11 is 0. The second-order valence-corrected chi connectivity index (χ2v) is 5.73. The Kier molecular flexibility index (Phi) is 5.16. The molecule has 0 aliphatic rings. The maximum atomic E-state index is 12.5. The highest BCUT2D eigenvalue weighted by atomic mass is 19.4. The number of anilines is 1. The molecule has 0 aliphatic carbocycles. The van der Waals surface area contributed by atoms with Gasteiger partial charge in [-0.25, -0.2) is 4.98 Å². The van der Waals surface area contributed by atoms with Crippen molar-refractivity contribution in [3.8, 4) is 11.4 Å². The molecule has 0 saturated heterocycles. The minimum atomic E-state index is -4.41. The normalized spacial score (nSPS) is 11.7. The first-order chi connectivity index (χ1) is 12.9. The van der Waals surface area contributed by atoms with Crippen molar-refractivity contribution in [1.82, 2.24) is 9.55 Å². The van der Waals surface area contributed by atoms with Gasteiger partial charge in [0.15, 0.2) is 0 Å². The molecule has 1 aromatic carbocycles. The fraction of sp³-hybridized carbons (Fsp3) is 0.158. The lowest BCUT2D eigenvalue weighted by Crippen LogP contribution is -2.06. The van der Waals surface area contributed by atoms with Crippen molar-refractivity contribution in [1.29, 1.82) is 0 Å². The first-order valence-corrected chi connectivity index (χ1v) is 8.03. The molecule has 5 nitrogen and oxygen atoms in total. The number of ether oxygens (including phenoxy) is 1. The van der Waals surface area contributed by atoms with E-state index in [9.17, 15) is 13.2 Å². The zero-order chi connectivity index (χ0) is 19.4. The van der Waals surface area contributed by atoms with Crippen molar-refractivity contribution in [3.63, 3.8) is 0 Å². The van der Waals surface area contributed by atoms with Gasteiger partial charge < -0.3 is 9.30 Å². The second kappa shape index (κ2) is 7.53. The molecule has 8 heteroatoms. The third-order valence-corrected chi connectivity index (χ3v) is 3.90. The molecule has 27 heavy (non-hydrogen) atoms. The molecule has 2 aromatic heterocycles. The number of aromatic nitrogens is 2. The zero-order valence-electron chi connectivity index (χ0n) is 14.7. The second-order valence-electron chi connectivity index (χ2n) is 5.73. The van der Waals surface area contributed by atoms with Crippen molar-refractivity contribution < 1.29 is 17.9 Å². The van der Waals surface area contributed by atoms with Crippen LogP contribution in [-0.2, 0) is 6.18 Å². The van der Waals surface area contributed by atoms with Crippen LogP contribution in [0.2, 0.25) is 0 Å². The van der Waals surface area contributed by atoms with Crippen LogP contribution in [0.25, 0.3) is 5.69 Å². The summed E-state index contributed by atoms with van der Waals surface area (Å²) in [5.74, 6) is 0.979. The number of nitrogens with zero attached hydrogens (tertiary/aromatic N) is 3. The van der Waals surface area contributed by atoms with E-state index < -0.39 is 11.7 Å². The maximum absolute atomic E-state index is 12.5. The van der Waals surface area contributed by atoms with Gasteiger partial charge in [0.2, 0.25) is 0 Å². The Morgan fingerprint density at radius 3 is 2.41 bits per heavy atom. The van der Waals surface area contributed by atoms with Gasteiger partial charge in [0.05, 0.1) is 24.6 Å². The van der Waals surface area contributed by atoms with Gasteiger partial charge in [-0.15, -0.1) is 0 Å². The molecule has 0 unspecified atom stereocenters. The number of rotatable bonds is 5. The number of hydrogen-bond donors (Lipinski definition) is 1. The molecular weight excluding hydrogens is 357 g/mol. The zero-order valence-corrected chi connectivity index (χ0v) is 14.7. The highest BCUT2D eigenvalue weighted by molar-refractivity contribution is 5.79. The van der Waals surface area contributed by atoms with Crippen LogP contribution in [0.3, 0.4) is 0 Å². The van der Waals surface area contributed by atoms with Gasteiger partial charge in [0, 0.05) is 17.6 Å². The molecule has 0 atom stereocenters. The summed E-state index contributed by atoms with van der Waals surface area (Å²) < 4.78 is 44.8. The molecule has 0 amide bonds. The van der Waals surface area contributed by atoms with Crippen LogP contribution >= 0.6 is 0 Å². The summed E-state index contributed by atoms with van der Waals surface area (Å²) in [4.78, 5) is 3.72. The SMILES string of the molecule is COc1ccc(-n2c(C)ccc2/C=N\Nc2ccc(C(F)(F)F)cn2)cc1. The fourth-order valence-corrected chi connectivity index (χ4v) is 2.54. The third kappa shape index (κ3) is 4.28. The van der Waals surface area contributed by atoms with E-state index in [1.165, 1.54) is 6.07 Å². The number of pyridine rings is 1. The van der Waals surface area contributed by atoms with E-state index in [-0.39, 0.29) is 5.82 Å². The molecule has 0 saturated carbocycles. The number of benzene rings is 1. The number of hydrogen-bond acceptors (Lipinski definition) is 4. The first-order valence-electron chi connectivity index (χ1n) is 8.03. The molecule has 3 rings (SSSR count). The Hall–Kier alpha value is -3.29. The fourth-order valence-electron chi connectivity index (χ4n) is 2.54. The van der Waals surface area contributed by atoms with Crippen LogP contribution in [0.15, 0.2) is 59.8 Å². The Labute approximate surface area is 154 Å². The van der Waals surface area contributed by atoms with E-state index in [0.717, 1.165) is 35.1 Å². The van der Waals surface area contributed by atoms with Crippen LogP contribution in [0.1, 0.15) is 17.0 Å². The van der Waals surface area contributed by atoms with Gasteiger partial charge in [-0.3, -0.25) is 5.43 Å². The summed E-state index contributed by atoms with van der Waals surface area (Å²) in [6.45, 7) is 1.96. The van der Waals surface area contributed by atoms with Gasteiger partial charge in [-0.1, -0.05) is 0 Å². The van der Waals surface area contributed by atoms with E-state index in [4.69, 9.17) is 4.74 Å². The molecule has 0 fully saturated rings. The minimum absolute atomic E-state index is 0.221. The van der Waals surface area contributed by atoms with Crippen molar-refractivity contribution in [2.45, 2.75) is 13.1 Å². The predicted molar refractivity (Wildman–Crippen MR) is 97.5 cm³/mol. The number of methoxy groups -OCH3 is 1. The van der Waals surface area contributed by atoms with Crippen LogP contribution < -0.4 is 10.2 Å². The molecule has 3 aromatic rings. The topological polar surface area (TPSA) is 51.4 Å². The Bertz CT molecular complexity index is 929. The molecule has 1 N–H and O–H groups in total.